The Morgan fingerprint density at radius 1 is 0.958 bits per heavy atom. The second-order valence-corrected chi connectivity index (χ2v) is 11.9. The van der Waals surface area contributed by atoms with Crippen LogP contribution in [0.15, 0.2) is 59.1 Å². The topological polar surface area (TPSA) is 26.0 Å². The summed E-state index contributed by atoms with van der Waals surface area (Å²) in [5.74, 6) is 0. The maximum atomic E-state index is 6.00. The third kappa shape index (κ3) is 2.75. The quantitative estimate of drug-likeness (QED) is 0.282. The van der Waals surface area contributed by atoms with Crippen LogP contribution < -0.4 is 5.19 Å². The van der Waals surface area contributed by atoms with E-state index in [0.717, 1.165) is 33.2 Å². The number of para-hydroxylation sites is 1. The second kappa shape index (κ2) is 6.28. The van der Waals surface area contributed by atoms with E-state index in [9.17, 15) is 0 Å². The molecule has 2 heterocycles. The first-order valence-corrected chi connectivity index (χ1v) is 11.3. The Balaban J connectivity index is 0.00000169. The molecule has 0 saturated heterocycles. The van der Waals surface area contributed by atoms with Gasteiger partial charge >= 0.3 is 0 Å². The van der Waals surface area contributed by atoms with Crippen molar-refractivity contribution in [3.8, 4) is 11.3 Å². The number of rotatable bonds is 2. The van der Waals surface area contributed by atoms with Crippen molar-refractivity contribution in [2.75, 3.05) is 0 Å². The summed E-state index contributed by atoms with van der Waals surface area (Å²) in [6, 6.07) is 19.8. The molecule has 123 valence electrons. The van der Waals surface area contributed by atoms with Crippen molar-refractivity contribution in [1.82, 2.24) is 4.98 Å². The van der Waals surface area contributed by atoms with Crippen LogP contribution in [-0.4, -0.2) is 13.1 Å². The molecule has 24 heavy (non-hydrogen) atoms. The average molecular weight is 509 g/mol. The summed E-state index contributed by atoms with van der Waals surface area (Å²) < 4.78 is 6.00. The van der Waals surface area contributed by atoms with Gasteiger partial charge in [0.15, 0.2) is 0 Å². The summed E-state index contributed by atoms with van der Waals surface area (Å²) in [4.78, 5) is 4.70. The summed E-state index contributed by atoms with van der Waals surface area (Å²) >= 11 is 0. The number of furan rings is 1. The number of hydrogen-bond acceptors (Lipinski definition) is 2. The van der Waals surface area contributed by atoms with Crippen LogP contribution in [0.1, 0.15) is 0 Å². The number of aromatic nitrogens is 1. The molecule has 0 aliphatic rings. The first kappa shape index (κ1) is 17.1. The monoisotopic (exact) mass is 509 g/mol. The second-order valence-electron chi connectivity index (χ2n) is 6.84. The van der Waals surface area contributed by atoms with Crippen molar-refractivity contribution < 1.29 is 24.5 Å². The summed E-state index contributed by atoms with van der Waals surface area (Å²) in [6.07, 6.45) is 1.83. The van der Waals surface area contributed by atoms with Crippen LogP contribution in [-0.2, 0) is 20.1 Å². The minimum Gasteiger partial charge on any atom is -0.457 e. The molecule has 0 N–H and O–H groups in total. The Bertz CT molecular complexity index is 1020. The number of benzene rings is 2. The molecule has 0 spiro atoms. The van der Waals surface area contributed by atoms with Gasteiger partial charge in [-0.2, -0.15) is 0 Å². The van der Waals surface area contributed by atoms with Crippen LogP contribution in [0.5, 0.6) is 0 Å². The molecule has 2 nitrogen and oxygen atoms in total. The molecular formula is C20H18IrNOSi-. The number of pyridine rings is 1. The van der Waals surface area contributed by atoms with Gasteiger partial charge in [-0.3, -0.25) is 0 Å². The SMILES string of the molecule is C[Si](C)(C)c1ccc[c-]c1-c1nccc2oc3ccccc3c12.[Ir]. The van der Waals surface area contributed by atoms with Gasteiger partial charge in [0, 0.05) is 45.1 Å². The smallest absolute Gasteiger partial charge is 0.134 e. The molecule has 0 bridgehead atoms. The maximum Gasteiger partial charge on any atom is 0.134 e. The number of hydrogen-bond donors (Lipinski definition) is 0. The average Bonchev–Trinajstić information content (AvgIpc) is 2.92. The van der Waals surface area contributed by atoms with E-state index in [4.69, 9.17) is 9.40 Å². The largest absolute Gasteiger partial charge is 0.457 e. The van der Waals surface area contributed by atoms with Crippen molar-refractivity contribution in [2.45, 2.75) is 19.6 Å². The predicted molar refractivity (Wildman–Crippen MR) is 98.8 cm³/mol. The van der Waals surface area contributed by atoms with E-state index < -0.39 is 8.07 Å². The predicted octanol–water partition coefficient (Wildman–Crippen LogP) is 4.99. The van der Waals surface area contributed by atoms with Crippen LogP contribution in [0.3, 0.4) is 0 Å². The van der Waals surface area contributed by atoms with Gasteiger partial charge in [0.05, 0.1) is 0 Å². The Morgan fingerprint density at radius 2 is 1.75 bits per heavy atom. The van der Waals surface area contributed by atoms with Gasteiger partial charge in [0.2, 0.25) is 0 Å². The van der Waals surface area contributed by atoms with Gasteiger partial charge in [-0.1, -0.05) is 37.8 Å². The fraction of sp³-hybridized carbons (Fsp3) is 0.150. The van der Waals surface area contributed by atoms with Crippen molar-refractivity contribution in [3.05, 3.63) is 60.8 Å². The van der Waals surface area contributed by atoms with E-state index in [1.54, 1.807) is 0 Å². The molecule has 4 aromatic rings. The molecule has 2 aromatic heterocycles. The van der Waals surface area contributed by atoms with Gasteiger partial charge < -0.3 is 9.40 Å². The standard InChI is InChI=1S/C20H18NOSi.Ir/c1-23(2,3)18-11-7-5-9-15(18)20-19-14-8-4-6-10-16(14)22-17(19)12-13-21-20;/h4-8,10-13H,1-3H3;/q-1;. The zero-order chi connectivity index (χ0) is 16.0. The molecule has 4 heteroatoms. The zero-order valence-electron chi connectivity index (χ0n) is 13.9. The normalized spacial score (nSPS) is 11.6. The van der Waals surface area contributed by atoms with E-state index in [1.165, 1.54) is 5.19 Å². The first-order chi connectivity index (χ1) is 11.1. The van der Waals surface area contributed by atoms with Crippen LogP contribution in [0.25, 0.3) is 33.2 Å². The van der Waals surface area contributed by atoms with Gasteiger partial charge in [-0.25, -0.2) is 0 Å². The Hall–Kier alpha value is -1.74. The van der Waals surface area contributed by atoms with Crippen LogP contribution >= 0.6 is 0 Å². The zero-order valence-corrected chi connectivity index (χ0v) is 17.3. The van der Waals surface area contributed by atoms with Crippen molar-refractivity contribution in [2.24, 2.45) is 0 Å². The molecule has 0 amide bonds. The van der Waals surface area contributed by atoms with E-state index in [2.05, 4.69) is 43.9 Å². The number of nitrogens with zero attached hydrogens (tertiary/aromatic N) is 1. The fourth-order valence-electron chi connectivity index (χ4n) is 3.12. The Kier molecular flexibility index (Phi) is 4.47. The summed E-state index contributed by atoms with van der Waals surface area (Å²) in [5.41, 5.74) is 3.88. The van der Waals surface area contributed by atoms with E-state index >= 15 is 0 Å². The summed E-state index contributed by atoms with van der Waals surface area (Å²) in [5, 5.41) is 3.58. The van der Waals surface area contributed by atoms with Gasteiger partial charge in [0.1, 0.15) is 11.2 Å². The Morgan fingerprint density at radius 3 is 2.54 bits per heavy atom. The molecule has 0 atom stereocenters. The molecule has 0 aliphatic carbocycles. The summed E-state index contributed by atoms with van der Waals surface area (Å²) in [7, 11) is -1.50. The van der Waals surface area contributed by atoms with Crippen LogP contribution in [0.4, 0.5) is 0 Å². The molecule has 0 saturated carbocycles. The van der Waals surface area contributed by atoms with Crippen molar-refractivity contribution in [3.63, 3.8) is 0 Å². The van der Waals surface area contributed by atoms with Crippen LogP contribution in [0, 0.1) is 6.07 Å². The molecule has 4 rings (SSSR count). The van der Waals surface area contributed by atoms with Crippen molar-refractivity contribution in [1.29, 1.82) is 0 Å². The van der Waals surface area contributed by atoms with E-state index in [1.807, 2.05) is 36.5 Å². The third-order valence-corrected chi connectivity index (χ3v) is 6.22. The number of fused-ring (bicyclic) bond motifs is 3. The third-order valence-electron chi connectivity index (χ3n) is 4.19. The minimum atomic E-state index is -1.50. The Labute approximate surface area is 156 Å². The molecule has 1 radical (unpaired) electrons. The van der Waals surface area contributed by atoms with Gasteiger partial charge in [0.25, 0.3) is 0 Å². The molecular weight excluding hydrogens is 491 g/mol. The van der Waals surface area contributed by atoms with Crippen molar-refractivity contribution >= 4 is 35.2 Å². The molecule has 0 aliphatic heterocycles. The van der Waals surface area contributed by atoms with Crippen LogP contribution in [0.2, 0.25) is 19.6 Å². The maximum absolute atomic E-state index is 6.00. The molecule has 2 aromatic carbocycles. The van der Waals surface area contributed by atoms with Gasteiger partial charge in [-0.15, -0.1) is 35.0 Å². The first-order valence-electron chi connectivity index (χ1n) is 7.83. The molecule has 0 unspecified atom stereocenters. The molecule has 0 fully saturated rings. The van der Waals surface area contributed by atoms with E-state index in [-0.39, 0.29) is 20.1 Å². The van der Waals surface area contributed by atoms with Gasteiger partial charge in [-0.05, 0) is 17.8 Å². The minimum absolute atomic E-state index is 0. The fourth-order valence-corrected chi connectivity index (χ4v) is 4.65. The summed E-state index contributed by atoms with van der Waals surface area (Å²) in [6.45, 7) is 7.06. The van der Waals surface area contributed by atoms with E-state index in [0.29, 0.717) is 0 Å².